The van der Waals surface area contributed by atoms with Gasteiger partial charge in [-0.25, -0.2) is 0 Å². The van der Waals surface area contributed by atoms with Crippen LogP contribution in [0.4, 0.5) is 0 Å². The highest BCUT2D eigenvalue weighted by atomic mass is 79.9. The molecule has 1 fully saturated rings. The largest absolute Gasteiger partial charge is 0.313 e. The lowest BCUT2D eigenvalue weighted by Gasteiger charge is -2.34. The van der Waals surface area contributed by atoms with Crippen LogP contribution in [-0.4, -0.2) is 7.05 Å². The second kappa shape index (κ2) is 4.86. The lowest BCUT2D eigenvalue weighted by molar-refractivity contribution is 0.239. The number of nitrogens with one attached hydrogen (secondary N) is 1. The van der Waals surface area contributed by atoms with E-state index in [1.54, 1.807) is 0 Å². The van der Waals surface area contributed by atoms with Gasteiger partial charge in [0, 0.05) is 15.5 Å². The van der Waals surface area contributed by atoms with Gasteiger partial charge in [0.2, 0.25) is 0 Å². The Morgan fingerprint density at radius 3 is 2.67 bits per heavy atom. The Morgan fingerprint density at radius 2 is 2.20 bits per heavy atom. The van der Waals surface area contributed by atoms with Crippen molar-refractivity contribution in [2.45, 2.75) is 25.3 Å². The first kappa shape index (κ1) is 11.4. The first-order valence-corrected chi connectivity index (χ1v) is 6.51. The van der Waals surface area contributed by atoms with Crippen molar-refractivity contribution in [1.82, 2.24) is 5.32 Å². The zero-order valence-electron chi connectivity index (χ0n) is 8.76. The smallest absolute Gasteiger partial charge is 0.0417 e. The lowest BCUT2D eigenvalue weighted by atomic mass is 9.77. The normalized spacial score (nSPS) is 18.6. The molecule has 1 aliphatic rings. The van der Waals surface area contributed by atoms with Gasteiger partial charge in [0.1, 0.15) is 0 Å². The summed E-state index contributed by atoms with van der Waals surface area (Å²) in [7, 11) is 2.03. The molecule has 3 heteroatoms. The molecule has 1 aliphatic carbocycles. The number of hydrogen-bond donors (Lipinski definition) is 1. The van der Waals surface area contributed by atoms with E-state index in [1.807, 2.05) is 19.2 Å². The van der Waals surface area contributed by atoms with Crippen LogP contribution in [0.2, 0.25) is 5.02 Å². The molecule has 2 rings (SSSR count). The maximum atomic E-state index is 5.94. The molecular weight excluding hydrogens is 273 g/mol. The number of halogens is 2. The van der Waals surface area contributed by atoms with Crippen molar-refractivity contribution in [2.24, 2.45) is 5.92 Å². The predicted molar refractivity (Wildman–Crippen MR) is 68.3 cm³/mol. The zero-order valence-corrected chi connectivity index (χ0v) is 11.1. The van der Waals surface area contributed by atoms with Gasteiger partial charge < -0.3 is 5.32 Å². The third-order valence-corrected chi connectivity index (χ3v) is 4.15. The van der Waals surface area contributed by atoms with E-state index in [1.165, 1.54) is 24.8 Å². The van der Waals surface area contributed by atoms with Gasteiger partial charge in [-0.1, -0.05) is 40.0 Å². The summed E-state index contributed by atoms with van der Waals surface area (Å²) >= 11 is 9.53. The van der Waals surface area contributed by atoms with Crippen molar-refractivity contribution in [3.05, 3.63) is 33.3 Å². The first-order valence-electron chi connectivity index (χ1n) is 5.34. The molecule has 15 heavy (non-hydrogen) atoms. The number of benzene rings is 1. The van der Waals surface area contributed by atoms with Gasteiger partial charge in [0.15, 0.2) is 0 Å². The van der Waals surface area contributed by atoms with Crippen molar-refractivity contribution in [1.29, 1.82) is 0 Å². The molecule has 0 heterocycles. The topological polar surface area (TPSA) is 12.0 Å². The van der Waals surface area contributed by atoms with Crippen molar-refractivity contribution in [3.63, 3.8) is 0 Å². The van der Waals surface area contributed by atoms with E-state index in [2.05, 4.69) is 27.3 Å². The molecule has 0 amide bonds. The maximum absolute atomic E-state index is 5.94. The quantitative estimate of drug-likeness (QED) is 0.880. The molecule has 1 nitrogen and oxygen atoms in total. The van der Waals surface area contributed by atoms with E-state index in [-0.39, 0.29) is 0 Å². The molecule has 0 bridgehead atoms. The first-order chi connectivity index (χ1) is 7.22. The Labute approximate surface area is 104 Å². The second-order valence-electron chi connectivity index (χ2n) is 4.12. The highest BCUT2D eigenvalue weighted by molar-refractivity contribution is 9.10. The van der Waals surface area contributed by atoms with Gasteiger partial charge in [-0.15, -0.1) is 0 Å². The highest BCUT2D eigenvalue weighted by Gasteiger charge is 2.28. The summed E-state index contributed by atoms with van der Waals surface area (Å²) < 4.78 is 1.11. The van der Waals surface area contributed by atoms with Crippen molar-refractivity contribution < 1.29 is 0 Å². The van der Waals surface area contributed by atoms with Crippen LogP contribution in [0.5, 0.6) is 0 Å². The molecule has 1 N–H and O–H groups in total. The summed E-state index contributed by atoms with van der Waals surface area (Å²) in [6.45, 7) is 0. The summed E-state index contributed by atoms with van der Waals surface area (Å²) in [5, 5.41) is 4.19. The Hall–Kier alpha value is -0.0500. The van der Waals surface area contributed by atoms with Gasteiger partial charge in [-0.2, -0.15) is 0 Å². The van der Waals surface area contributed by atoms with Gasteiger partial charge in [0.05, 0.1) is 0 Å². The van der Waals surface area contributed by atoms with Crippen LogP contribution in [0.25, 0.3) is 0 Å². The summed E-state index contributed by atoms with van der Waals surface area (Å²) in [5.41, 5.74) is 1.33. The monoisotopic (exact) mass is 287 g/mol. The van der Waals surface area contributed by atoms with Crippen LogP contribution in [0.1, 0.15) is 30.9 Å². The molecule has 1 aromatic carbocycles. The third-order valence-electron chi connectivity index (χ3n) is 3.23. The summed E-state index contributed by atoms with van der Waals surface area (Å²) in [6, 6.07) is 6.52. The fourth-order valence-corrected chi connectivity index (χ4v) is 3.10. The van der Waals surface area contributed by atoms with Crippen molar-refractivity contribution in [2.75, 3.05) is 7.05 Å². The van der Waals surface area contributed by atoms with Gasteiger partial charge in [-0.05, 0) is 43.5 Å². The van der Waals surface area contributed by atoms with E-state index < -0.39 is 0 Å². The van der Waals surface area contributed by atoms with Crippen LogP contribution in [0.3, 0.4) is 0 Å². The Morgan fingerprint density at radius 1 is 1.47 bits per heavy atom. The number of rotatable bonds is 3. The number of hydrogen-bond acceptors (Lipinski definition) is 1. The van der Waals surface area contributed by atoms with Crippen LogP contribution >= 0.6 is 27.5 Å². The fourth-order valence-electron chi connectivity index (χ4n) is 2.17. The Bertz CT molecular complexity index is 349. The van der Waals surface area contributed by atoms with E-state index >= 15 is 0 Å². The van der Waals surface area contributed by atoms with E-state index in [0.717, 1.165) is 15.4 Å². The molecule has 0 radical (unpaired) electrons. The molecular formula is C12H15BrClN. The molecule has 1 aromatic rings. The summed E-state index contributed by atoms with van der Waals surface area (Å²) in [6.07, 6.45) is 4.04. The minimum atomic E-state index is 0.463. The van der Waals surface area contributed by atoms with Crippen LogP contribution in [-0.2, 0) is 0 Å². The van der Waals surface area contributed by atoms with Crippen LogP contribution in [0, 0.1) is 5.92 Å². The Balaban J connectivity index is 2.25. The SMILES string of the molecule is CNC(c1ccc(Cl)cc1Br)C1CCC1. The molecule has 0 aliphatic heterocycles. The average Bonchev–Trinajstić information content (AvgIpc) is 2.12. The molecule has 82 valence electrons. The summed E-state index contributed by atoms with van der Waals surface area (Å²) in [5.74, 6) is 0.785. The van der Waals surface area contributed by atoms with E-state index in [0.29, 0.717) is 6.04 Å². The summed E-state index contributed by atoms with van der Waals surface area (Å²) in [4.78, 5) is 0. The van der Waals surface area contributed by atoms with E-state index in [9.17, 15) is 0 Å². The van der Waals surface area contributed by atoms with Crippen LogP contribution in [0.15, 0.2) is 22.7 Å². The maximum Gasteiger partial charge on any atom is 0.0417 e. The standard InChI is InChI=1S/C12H15BrClN/c1-15-12(8-3-2-4-8)10-6-5-9(14)7-11(10)13/h5-8,12,15H,2-4H2,1H3. The minimum Gasteiger partial charge on any atom is -0.313 e. The Kier molecular flexibility index (Phi) is 3.70. The lowest BCUT2D eigenvalue weighted by Crippen LogP contribution is -2.30. The minimum absolute atomic E-state index is 0.463. The van der Waals surface area contributed by atoms with Gasteiger partial charge in [0.25, 0.3) is 0 Å². The average molecular weight is 289 g/mol. The van der Waals surface area contributed by atoms with Gasteiger partial charge in [-0.3, -0.25) is 0 Å². The highest BCUT2D eigenvalue weighted by Crippen LogP contribution is 2.40. The van der Waals surface area contributed by atoms with Crippen LogP contribution < -0.4 is 5.32 Å². The molecule has 1 saturated carbocycles. The van der Waals surface area contributed by atoms with Gasteiger partial charge >= 0.3 is 0 Å². The fraction of sp³-hybridized carbons (Fsp3) is 0.500. The second-order valence-corrected chi connectivity index (χ2v) is 5.41. The molecule has 0 aromatic heterocycles. The molecule has 0 saturated heterocycles. The molecule has 1 unspecified atom stereocenters. The van der Waals surface area contributed by atoms with Crippen molar-refractivity contribution in [3.8, 4) is 0 Å². The van der Waals surface area contributed by atoms with E-state index in [4.69, 9.17) is 11.6 Å². The molecule has 0 spiro atoms. The zero-order chi connectivity index (χ0) is 10.8. The molecule has 1 atom stereocenters. The predicted octanol–water partition coefficient (Wildman–Crippen LogP) is 4.16. The third kappa shape index (κ3) is 2.38. The van der Waals surface area contributed by atoms with Crippen molar-refractivity contribution >= 4 is 27.5 Å².